The third kappa shape index (κ3) is 2.64. The number of hydrogen-bond donors (Lipinski definition) is 0. The first-order valence-corrected chi connectivity index (χ1v) is 7.16. The second-order valence-electron chi connectivity index (χ2n) is 4.94. The molecule has 0 N–H and O–H groups in total. The third-order valence-corrected chi connectivity index (χ3v) is 3.44. The molecule has 0 aliphatic heterocycles. The van der Waals surface area contributed by atoms with E-state index in [9.17, 15) is 18.4 Å². The normalized spacial score (nSPS) is 10.8. The molecule has 2 heterocycles. The van der Waals surface area contributed by atoms with Crippen molar-refractivity contribution in [2.45, 2.75) is 6.92 Å². The average Bonchev–Trinajstić information content (AvgIpc) is 2.94. The molecule has 0 spiro atoms. The largest absolute Gasteiger partial charge is 0.462 e. The summed E-state index contributed by atoms with van der Waals surface area (Å²) >= 11 is 0. The summed E-state index contributed by atoms with van der Waals surface area (Å²) in [5.41, 5.74) is 0.189. The second-order valence-corrected chi connectivity index (χ2v) is 4.94. The van der Waals surface area contributed by atoms with Crippen LogP contribution in [-0.4, -0.2) is 28.0 Å². The minimum Gasteiger partial charge on any atom is -0.462 e. The van der Waals surface area contributed by atoms with Crippen molar-refractivity contribution in [3.8, 4) is 0 Å². The fourth-order valence-corrected chi connectivity index (χ4v) is 2.39. The number of ether oxygens (including phenoxy) is 1. The smallest absolute Gasteiger partial charge is 0.340 e. The van der Waals surface area contributed by atoms with Gasteiger partial charge in [-0.05, 0) is 37.3 Å². The lowest BCUT2D eigenvalue weighted by Crippen LogP contribution is -2.09. The van der Waals surface area contributed by atoms with E-state index in [1.54, 1.807) is 19.1 Å². The Morgan fingerprint density at radius 1 is 1.17 bits per heavy atom. The van der Waals surface area contributed by atoms with Crippen LogP contribution < -0.4 is 0 Å². The van der Waals surface area contributed by atoms with Gasteiger partial charge in [0.05, 0.1) is 23.3 Å². The van der Waals surface area contributed by atoms with Gasteiger partial charge in [0.25, 0.3) is 0 Å². The predicted molar refractivity (Wildman–Crippen MR) is 80.9 cm³/mol. The monoisotopic (exact) mass is 330 g/mol. The quantitative estimate of drug-likeness (QED) is 0.545. The first-order valence-electron chi connectivity index (χ1n) is 7.16. The minimum atomic E-state index is -0.983. The Labute approximate surface area is 135 Å². The lowest BCUT2D eigenvalue weighted by molar-refractivity contribution is 0.0528. The summed E-state index contributed by atoms with van der Waals surface area (Å²) in [7, 11) is 0. The maximum Gasteiger partial charge on any atom is 0.340 e. The van der Waals surface area contributed by atoms with Crippen molar-refractivity contribution in [2.24, 2.45) is 0 Å². The van der Waals surface area contributed by atoms with Crippen LogP contribution in [0.5, 0.6) is 0 Å². The second kappa shape index (κ2) is 6.19. The summed E-state index contributed by atoms with van der Waals surface area (Å²) in [6.45, 7) is 1.83. The molecule has 122 valence electrons. The summed E-state index contributed by atoms with van der Waals surface area (Å²) in [5, 5.41) is 4.03. The van der Waals surface area contributed by atoms with Gasteiger partial charge in [-0.2, -0.15) is 5.10 Å². The van der Waals surface area contributed by atoms with E-state index < -0.39 is 23.4 Å². The van der Waals surface area contributed by atoms with Crippen molar-refractivity contribution >= 4 is 17.3 Å². The van der Waals surface area contributed by atoms with Crippen molar-refractivity contribution in [1.29, 1.82) is 0 Å². The van der Waals surface area contributed by atoms with E-state index in [0.717, 1.165) is 12.1 Å². The van der Waals surface area contributed by atoms with Crippen LogP contribution in [-0.2, 0) is 4.74 Å². The van der Waals surface area contributed by atoms with E-state index in [4.69, 9.17) is 4.74 Å². The number of fused-ring (bicyclic) bond motifs is 1. The molecule has 24 heavy (non-hydrogen) atoms. The molecule has 0 unspecified atom stereocenters. The Kier molecular flexibility index (Phi) is 4.07. The van der Waals surface area contributed by atoms with E-state index in [1.807, 2.05) is 0 Å². The molecule has 1 aromatic carbocycles. The molecular weight excluding hydrogens is 318 g/mol. The van der Waals surface area contributed by atoms with E-state index in [-0.39, 0.29) is 23.4 Å². The maximum atomic E-state index is 13.9. The molecule has 7 heteroatoms. The van der Waals surface area contributed by atoms with Gasteiger partial charge >= 0.3 is 5.97 Å². The van der Waals surface area contributed by atoms with E-state index in [1.165, 1.54) is 16.8 Å². The van der Waals surface area contributed by atoms with Gasteiger partial charge in [0.2, 0.25) is 5.78 Å². The summed E-state index contributed by atoms with van der Waals surface area (Å²) in [6.07, 6.45) is 1.43. The first-order chi connectivity index (χ1) is 11.5. The van der Waals surface area contributed by atoms with Crippen LogP contribution in [0.2, 0.25) is 0 Å². The number of benzene rings is 1. The summed E-state index contributed by atoms with van der Waals surface area (Å²) < 4.78 is 33.1. The Morgan fingerprint density at radius 2 is 1.96 bits per heavy atom. The molecule has 0 amide bonds. The van der Waals surface area contributed by atoms with Crippen molar-refractivity contribution in [2.75, 3.05) is 6.61 Å². The molecule has 2 aromatic heterocycles. The van der Waals surface area contributed by atoms with Crippen molar-refractivity contribution in [3.05, 3.63) is 71.1 Å². The highest BCUT2D eigenvalue weighted by atomic mass is 19.1. The number of carbonyl (C=O) groups excluding carboxylic acids is 2. The van der Waals surface area contributed by atoms with Gasteiger partial charge in [0, 0.05) is 12.3 Å². The predicted octanol–water partition coefficient (Wildman–Crippen LogP) is 3.02. The summed E-state index contributed by atoms with van der Waals surface area (Å²) in [5.74, 6) is -3.09. The highest BCUT2D eigenvalue weighted by Crippen LogP contribution is 2.21. The van der Waals surface area contributed by atoms with Crippen LogP contribution in [0, 0.1) is 11.6 Å². The van der Waals surface area contributed by atoms with Gasteiger partial charge in [0.15, 0.2) is 0 Å². The maximum absolute atomic E-state index is 13.9. The Balaban J connectivity index is 2.16. The molecule has 3 aromatic rings. The molecule has 0 atom stereocenters. The molecule has 0 aliphatic rings. The molecule has 0 saturated carbocycles. The summed E-state index contributed by atoms with van der Waals surface area (Å²) in [4.78, 5) is 24.7. The van der Waals surface area contributed by atoms with Gasteiger partial charge in [0.1, 0.15) is 17.3 Å². The molecule has 3 rings (SSSR count). The molecule has 0 bridgehead atoms. The Bertz CT molecular complexity index is 950. The van der Waals surface area contributed by atoms with Crippen molar-refractivity contribution in [3.63, 3.8) is 0 Å². The summed E-state index contributed by atoms with van der Waals surface area (Å²) in [6, 6.07) is 7.17. The van der Waals surface area contributed by atoms with Gasteiger partial charge < -0.3 is 4.74 Å². The number of esters is 1. The third-order valence-electron chi connectivity index (χ3n) is 3.44. The van der Waals surface area contributed by atoms with Crippen molar-refractivity contribution < 1.29 is 23.1 Å². The van der Waals surface area contributed by atoms with Crippen LogP contribution in [0.4, 0.5) is 8.78 Å². The number of rotatable bonds is 4. The number of aromatic nitrogens is 2. The van der Waals surface area contributed by atoms with Gasteiger partial charge in [-0.15, -0.1) is 0 Å². The highest BCUT2D eigenvalue weighted by molar-refractivity contribution is 6.11. The zero-order chi connectivity index (χ0) is 17.3. The van der Waals surface area contributed by atoms with Gasteiger partial charge in [-0.1, -0.05) is 0 Å². The Hall–Kier alpha value is -3.09. The standard InChI is InChI=1S/C17H12F2N2O3/c1-2-24-17(23)12-9-15(21-14(12)4-3-7-20-21)16(22)11-6-5-10(18)8-13(11)19/h3-9H,2H2,1H3. The lowest BCUT2D eigenvalue weighted by atomic mass is 10.1. The average molecular weight is 330 g/mol. The van der Waals surface area contributed by atoms with Crippen LogP contribution >= 0.6 is 0 Å². The molecule has 0 fully saturated rings. The fourth-order valence-electron chi connectivity index (χ4n) is 2.39. The molecule has 0 radical (unpaired) electrons. The van der Waals surface area contributed by atoms with Gasteiger partial charge in [-0.3, -0.25) is 4.79 Å². The van der Waals surface area contributed by atoms with E-state index in [0.29, 0.717) is 11.6 Å². The molecule has 0 aliphatic carbocycles. The van der Waals surface area contributed by atoms with Gasteiger partial charge in [-0.25, -0.2) is 18.1 Å². The minimum absolute atomic E-state index is 0.0147. The number of ketones is 1. The number of carbonyl (C=O) groups is 2. The Morgan fingerprint density at radius 3 is 2.67 bits per heavy atom. The molecular formula is C17H12F2N2O3. The SMILES string of the molecule is CCOC(=O)c1cc(C(=O)c2ccc(F)cc2F)n2ncccc12. The van der Waals surface area contributed by atoms with E-state index >= 15 is 0 Å². The topological polar surface area (TPSA) is 60.7 Å². The van der Waals surface area contributed by atoms with Crippen molar-refractivity contribution in [1.82, 2.24) is 9.61 Å². The van der Waals surface area contributed by atoms with E-state index in [2.05, 4.69) is 5.10 Å². The van der Waals surface area contributed by atoms with Crippen LogP contribution in [0.15, 0.2) is 42.6 Å². The molecule has 0 saturated heterocycles. The highest BCUT2D eigenvalue weighted by Gasteiger charge is 2.23. The fraction of sp³-hybridized carbons (Fsp3) is 0.118. The first kappa shape index (κ1) is 15.8. The zero-order valence-corrected chi connectivity index (χ0v) is 12.6. The number of nitrogens with zero attached hydrogens (tertiary/aromatic N) is 2. The van der Waals surface area contributed by atoms with Crippen LogP contribution in [0.25, 0.3) is 5.52 Å². The molecule has 5 nitrogen and oxygen atoms in total. The number of hydrogen-bond acceptors (Lipinski definition) is 4. The zero-order valence-electron chi connectivity index (χ0n) is 12.6. The lowest BCUT2D eigenvalue weighted by Gasteiger charge is -2.03. The van der Waals surface area contributed by atoms with Crippen LogP contribution in [0.1, 0.15) is 33.3 Å². The number of halogens is 2. The van der Waals surface area contributed by atoms with Crippen LogP contribution in [0.3, 0.4) is 0 Å².